The number of fused-ring (bicyclic) bond motifs is 1. The van der Waals surface area contributed by atoms with Gasteiger partial charge in [0.1, 0.15) is 0 Å². The Morgan fingerprint density at radius 1 is 1.45 bits per heavy atom. The molecule has 4 heteroatoms. The molecule has 0 amide bonds. The van der Waals surface area contributed by atoms with Crippen molar-refractivity contribution in [3.05, 3.63) is 29.3 Å². The van der Waals surface area contributed by atoms with E-state index in [1.54, 1.807) is 0 Å². The van der Waals surface area contributed by atoms with Gasteiger partial charge in [0.15, 0.2) is 5.60 Å². The van der Waals surface area contributed by atoms with Crippen molar-refractivity contribution in [2.75, 3.05) is 18.5 Å². The molecular weight excluding hydrogens is 254 g/mol. The predicted molar refractivity (Wildman–Crippen MR) is 79.2 cm³/mol. The number of hydrogen-bond donors (Lipinski definition) is 2. The summed E-state index contributed by atoms with van der Waals surface area (Å²) in [6.07, 6.45) is 3.15. The molecule has 1 aliphatic heterocycles. The van der Waals surface area contributed by atoms with Crippen LogP contribution in [0.25, 0.3) is 0 Å². The Kier molecular flexibility index (Phi) is 4.65. The van der Waals surface area contributed by atoms with Crippen LogP contribution in [0.5, 0.6) is 0 Å². The van der Waals surface area contributed by atoms with Crippen molar-refractivity contribution in [1.82, 2.24) is 0 Å². The number of carbonyl (C=O) groups is 1. The number of rotatable bonds is 3. The highest BCUT2D eigenvalue weighted by atomic mass is 16.5. The topological polar surface area (TPSA) is 58.6 Å². The molecule has 1 atom stereocenters. The summed E-state index contributed by atoms with van der Waals surface area (Å²) >= 11 is 0. The van der Waals surface area contributed by atoms with E-state index in [-0.39, 0.29) is 0 Å². The number of aryl methyl sites for hydroxylation is 2. The molecule has 0 radical (unpaired) electrons. The van der Waals surface area contributed by atoms with Crippen molar-refractivity contribution < 1.29 is 14.6 Å². The largest absolute Gasteiger partial charge is 0.479 e. The van der Waals surface area contributed by atoms with Gasteiger partial charge in [-0.05, 0) is 36.8 Å². The maximum Gasteiger partial charge on any atom is 0.337 e. The Hall–Kier alpha value is -1.55. The Bertz CT molecular complexity index is 487. The number of hydrogen-bond acceptors (Lipinski definition) is 3. The molecule has 1 heterocycles. The zero-order chi connectivity index (χ0) is 14.6. The molecule has 1 aromatic carbocycles. The summed E-state index contributed by atoms with van der Waals surface area (Å²) in [6, 6.07) is 6.28. The summed E-state index contributed by atoms with van der Waals surface area (Å²) in [7, 11) is 0. The van der Waals surface area contributed by atoms with Crippen LogP contribution in [-0.2, 0) is 22.4 Å². The van der Waals surface area contributed by atoms with Crippen molar-refractivity contribution in [3.8, 4) is 0 Å². The lowest BCUT2D eigenvalue weighted by molar-refractivity contribution is -0.164. The number of carboxylic acids is 1. The molecule has 2 N–H and O–H groups in total. The number of anilines is 1. The van der Waals surface area contributed by atoms with E-state index in [1.165, 1.54) is 11.1 Å². The number of para-hydroxylation sites is 1. The second kappa shape index (κ2) is 6.27. The first kappa shape index (κ1) is 14.9. The van der Waals surface area contributed by atoms with Crippen LogP contribution in [0.1, 0.15) is 37.8 Å². The van der Waals surface area contributed by atoms with Crippen LogP contribution in [-0.4, -0.2) is 29.8 Å². The standard InChI is InChI=1S/C16H23NO3/c1-3-12-7-5-8-13-9-6-10-20-16(4-2,15(18)19)11-17-14(12)13/h5,7-8,17H,3-4,6,9-11H2,1-2H3,(H,18,19). The maximum absolute atomic E-state index is 11.6. The molecule has 0 saturated carbocycles. The second-order valence-electron chi connectivity index (χ2n) is 5.26. The maximum atomic E-state index is 11.6. The van der Waals surface area contributed by atoms with Crippen LogP contribution in [0.15, 0.2) is 18.2 Å². The molecule has 110 valence electrons. The molecular formula is C16H23NO3. The van der Waals surface area contributed by atoms with Gasteiger partial charge in [-0.1, -0.05) is 32.0 Å². The van der Waals surface area contributed by atoms with Gasteiger partial charge in [0.25, 0.3) is 0 Å². The average molecular weight is 277 g/mol. The minimum absolute atomic E-state index is 0.308. The van der Waals surface area contributed by atoms with Gasteiger partial charge in [0.2, 0.25) is 0 Å². The number of nitrogens with one attached hydrogen (secondary N) is 1. The minimum atomic E-state index is -1.12. The molecule has 1 aromatic rings. The SMILES string of the molecule is CCc1cccc2c1NCC(CC)(C(=O)O)OCCC2. The normalized spacial score (nSPS) is 22.9. The molecule has 0 bridgehead atoms. The molecule has 20 heavy (non-hydrogen) atoms. The quantitative estimate of drug-likeness (QED) is 0.892. The van der Waals surface area contributed by atoms with Crippen LogP contribution in [0.4, 0.5) is 5.69 Å². The van der Waals surface area contributed by atoms with Gasteiger partial charge < -0.3 is 15.2 Å². The van der Waals surface area contributed by atoms with Crippen LogP contribution in [0.3, 0.4) is 0 Å². The molecule has 0 fully saturated rings. The van der Waals surface area contributed by atoms with E-state index in [1.807, 2.05) is 6.92 Å². The van der Waals surface area contributed by atoms with Crippen molar-refractivity contribution in [3.63, 3.8) is 0 Å². The van der Waals surface area contributed by atoms with Gasteiger partial charge in [-0.2, -0.15) is 0 Å². The smallest absolute Gasteiger partial charge is 0.337 e. The second-order valence-corrected chi connectivity index (χ2v) is 5.26. The third kappa shape index (κ3) is 2.80. The lowest BCUT2D eigenvalue weighted by Crippen LogP contribution is -2.47. The number of aliphatic carboxylic acids is 1. The Labute approximate surface area is 120 Å². The van der Waals surface area contributed by atoms with Crippen molar-refractivity contribution in [2.45, 2.75) is 45.1 Å². The molecule has 4 nitrogen and oxygen atoms in total. The van der Waals surface area contributed by atoms with Crippen LogP contribution >= 0.6 is 0 Å². The highest BCUT2D eigenvalue weighted by Gasteiger charge is 2.38. The molecule has 2 rings (SSSR count). The third-order valence-electron chi connectivity index (χ3n) is 4.10. The number of benzene rings is 1. The monoisotopic (exact) mass is 277 g/mol. The number of carboxylic acid groups (broad SMARTS) is 1. The van der Waals surface area contributed by atoms with Crippen LogP contribution < -0.4 is 5.32 Å². The molecule has 0 aliphatic carbocycles. The Morgan fingerprint density at radius 2 is 2.25 bits per heavy atom. The van der Waals surface area contributed by atoms with Crippen molar-refractivity contribution in [1.29, 1.82) is 0 Å². The zero-order valence-electron chi connectivity index (χ0n) is 12.2. The van der Waals surface area contributed by atoms with Crippen LogP contribution in [0.2, 0.25) is 0 Å². The van der Waals surface area contributed by atoms with Gasteiger partial charge in [0.05, 0.1) is 6.54 Å². The summed E-state index contributed by atoms with van der Waals surface area (Å²) in [5.74, 6) is -0.884. The van der Waals surface area contributed by atoms with E-state index in [0.29, 0.717) is 19.6 Å². The summed E-state index contributed by atoms with van der Waals surface area (Å²) in [5.41, 5.74) is 2.47. The van der Waals surface area contributed by atoms with Crippen molar-refractivity contribution in [2.24, 2.45) is 0 Å². The zero-order valence-corrected chi connectivity index (χ0v) is 12.2. The molecule has 1 aliphatic rings. The summed E-state index contributed by atoms with van der Waals surface area (Å²) in [5, 5.41) is 12.8. The lowest BCUT2D eigenvalue weighted by atomic mass is 9.99. The molecule has 0 saturated heterocycles. The van der Waals surface area contributed by atoms with Crippen LogP contribution in [0, 0.1) is 0 Å². The molecule has 1 unspecified atom stereocenters. The summed E-state index contributed by atoms with van der Waals surface area (Å²) in [4.78, 5) is 11.6. The molecule has 0 aromatic heterocycles. The minimum Gasteiger partial charge on any atom is -0.479 e. The first-order valence-corrected chi connectivity index (χ1v) is 7.35. The Morgan fingerprint density at radius 3 is 2.90 bits per heavy atom. The van der Waals surface area contributed by atoms with E-state index in [0.717, 1.165) is 24.9 Å². The Balaban J connectivity index is 2.34. The van der Waals surface area contributed by atoms with Gasteiger partial charge >= 0.3 is 5.97 Å². The fourth-order valence-corrected chi connectivity index (χ4v) is 2.71. The van der Waals surface area contributed by atoms with Gasteiger partial charge in [0, 0.05) is 12.3 Å². The highest BCUT2D eigenvalue weighted by molar-refractivity contribution is 5.78. The van der Waals surface area contributed by atoms with E-state index in [4.69, 9.17) is 4.74 Å². The van der Waals surface area contributed by atoms with Gasteiger partial charge in [-0.15, -0.1) is 0 Å². The summed E-state index contributed by atoms with van der Waals surface area (Å²) in [6.45, 7) is 4.77. The third-order valence-corrected chi connectivity index (χ3v) is 4.10. The fraction of sp³-hybridized carbons (Fsp3) is 0.562. The fourth-order valence-electron chi connectivity index (χ4n) is 2.71. The summed E-state index contributed by atoms with van der Waals surface area (Å²) < 4.78 is 5.70. The average Bonchev–Trinajstić information content (AvgIpc) is 2.55. The number of ether oxygens (including phenoxy) is 1. The first-order chi connectivity index (χ1) is 9.63. The van der Waals surface area contributed by atoms with E-state index < -0.39 is 11.6 Å². The highest BCUT2D eigenvalue weighted by Crippen LogP contribution is 2.27. The van der Waals surface area contributed by atoms with E-state index in [2.05, 4.69) is 30.4 Å². The first-order valence-electron chi connectivity index (χ1n) is 7.35. The van der Waals surface area contributed by atoms with Gasteiger partial charge in [-0.25, -0.2) is 4.79 Å². The lowest BCUT2D eigenvalue weighted by Gasteiger charge is -2.29. The predicted octanol–water partition coefficient (Wildman–Crippen LogP) is 2.86. The van der Waals surface area contributed by atoms with E-state index >= 15 is 0 Å². The molecule has 0 spiro atoms. The van der Waals surface area contributed by atoms with E-state index in [9.17, 15) is 9.90 Å². The van der Waals surface area contributed by atoms with Crippen molar-refractivity contribution >= 4 is 11.7 Å². The van der Waals surface area contributed by atoms with Gasteiger partial charge in [-0.3, -0.25) is 0 Å².